The average Bonchev–Trinajstić information content (AvgIpc) is 2.31. The summed E-state index contributed by atoms with van der Waals surface area (Å²) in [4.78, 5) is 4.58. The van der Waals surface area contributed by atoms with Crippen LogP contribution in [0.3, 0.4) is 0 Å². The molecular formula is C14H13ClFN3S. The molecule has 0 aliphatic carbocycles. The van der Waals surface area contributed by atoms with Gasteiger partial charge >= 0.3 is 0 Å². The largest absolute Gasteiger partial charge is 0.389 e. The fourth-order valence-electron chi connectivity index (χ4n) is 1.97. The number of nitrogens with one attached hydrogen (secondary N) is 1. The number of pyridine rings is 1. The highest BCUT2D eigenvalue weighted by molar-refractivity contribution is 7.80. The van der Waals surface area contributed by atoms with Gasteiger partial charge in [0.1, 0.15) is 10.8 Å². The minimum atomic E-state index is -0.391. The lowest BCUT2D eigenvalue weighted by Crippen LogP contribution is -2.15. The molecule has 1 heterocycles. The summed E-state index contributed by atoms with van der Waals surface area (Å²) in [5.74, 6) is -0.391. The first-order chi connectivity index (χ1) is 9.38. The van der Waals surface area contributed by atoms with Crippen LogP contribution in [0.4, 0.5) is 15.8 Å². The van der Waals surface area contributed by atoms with E-state index < -0.39 is 5.82 Å². The molecule has 0 bridgehead atoms. The first-order valence-corrected chi connectivity index (χ1v) is 6.67. The zero-order chi connectivity index (χ0) is 14.9. The number of aryl methyl sites for hydroxylation is 2. The molecule has 104 valence electrons. The summed E-state index contributed by atoms with van der Waals surface area (Å²) in [5.41, 5.74) is 9.24. The van der Waals surface area contributed by atoms with Crippen LogP contribution >= 0.6 is 23.8 Å². The van der Waals surface area contributed by atoms with Gasteiger partial charge < -0.3 is 11.1 Å². The lowest BCUT2D eigenvalue weighted by molar-refractivity contribution is 0.628. The molecule has 0 radical (unpaired) electrons. The summed E-state index contributed by atoms with van der Waals surface area (Å²) >= 11 is 11.1. The molecule has 0 amide bonds. The van der Waals surface area contributed by atoms with Gasteiger partial charge in [-0.1, -0.05) is 23.8 Å². The molecule has 0 saturated carbocycles. The maximum Gasteiger partial charge on any atom is 0.124 e. The Labute approximate surface area is 127 Å². The van der Waals surface area contributed by atoms with E-state index in [0.29, 0.717) is 16.9 Å². The van der Waals surface area contributed by atoms with Crippen molar-refractivity contribution in [1.29, 1.82) is 0 Å². The summed E-state index contributed by atoms with van der Waals surface area (Å²) in [5, 5.41) is 3.41. The molecule has 20 heavy (non-hydrogen) atoms. The number of hydrogen-bond donors (Lipinski definition) is 2. The van der Waals surface area contributed by atoms with Gasteiger partial charge in [0.05, 0.1) is 22.0 Å². The van der Waals surface area contributed by atoms with Gasteiger partial charge in [0.25, 0.3) is 0 Å². The summed E-state index contributed by atoms with van der Waals surface area (Å²) in [7, 11) is 0. The van der Waals surface area contributed by atoms with Crippen molar-refractivity contribution >= 4 is 40.2 Å². The van der Waals surface area contributed by atoms with Crippen molar-refractivity contribution in [1.82, 2.24) is 4.98 Å². The second-order valence-corrected chi connectivity index (χ2v) is 5.23. The molecule has 1 aromatic carbocycles. The second-order valence-electron chi connectivity index (χ2n) is 4.39. The Morgan fingerprint density at radius 3 is 2.60 bits per heavy atom. The van der Waals surface area contributed by atoms with Gasteiger partial charge in [-0.15, -0.1) is 0 Å². The highest BCUT2D eigenvalue weighted by atomic mass is 35.5. The molecule has 0 aliphatic heterocycles. The van der Waals surface area contributed by atoms with Crippen LogP contribution in [0.5, 0.6) is 0 Å². The van der Waals surface area contributed by atoms with Crippen molar-refractivity contribution in [2.24, 2.45) is 5.73 Å². The van der Waals surface area contributed by atoms with Crippen molar-refractivity contribution in [3.63, 3.8) is 0 Å². The molecule has 0 unspecified atom stereocenters. The Hall–Kier alpha value is -1.72. The lowest BCUT2D eigenvalue weighted by atomic mass is 10.1. The predicted molar refractivity (Wildman–Crippen MR) is 84.3 cm³/mol. The van der Waals surface area contributed by atoms with Crippen molar-refractivity contribution in [2.75, 3.05) is 5.32 Å². The van der Waals surface area contributed by atoms with E-state index in [2.05, 4.69) is 10.3 Å². The normalized spacial score (nSPS) is 10.4. The first kappa shape index (κ1) is 14.7. The van der Waals surface area contributed by atoms with Crippen molar-refractivity contribution < 1.29 is 4.39 Å². The number of hydrogen-bond acceptors (Lipinski definition) is 3. The van der Waals surface area contributed by atoms with Crippen LogP contribution in [-0.2, 0) is 0 Å². The third-order valence-corrected chi connectivity index (χ3v) is 3.29. The number of nitrogens with two attached hydrogens (primary N) is 1. The number of anilines is 2. The van der Waals surface area contributed by atoms with Gasteiger partial charge in [0.2, 0.25) is 0 Å². The molecule has 0 saturated heterocycles. The van der Waals surface area contributed by atoms with Gasteiger partial charge in [-0.2, -0.15) is 0 Å². The SMILES string of the molecule is Cc1cc(Nc2ccc(F)cc2Cl)c(C(N)=S)c(C)n1. The standard InChI is InChI=1S/C14H13ClFN3S/c1-7-5-12(13(14(17)20)8(2)18-7)19-11-4-3-9(16)6-10(11)15/h3-6H,1-2H3,(H2,17,20)(H,18,19). The molecule has 0 aliphatic rings. The fourth-order valence-corrected chi connectivity index (χ4v) is 2.45. The monoisotopic (exact) mass is 309 g/mol. The number of thiocarbonyl (C=S) groups is 1. The molecule has 3 nitrogen and oxygen atoms in total. The van der Waals surface area contributed by atoms with Crippen LogP contribution in [-0.4, -0.2) is 9.97 Å². The van der Waals surface area contributed by atoms with Crippen LogP contribution in [0.25, 0.3) is 0 Å². The molecule has 3 N–H and O–H groups in total. The van der Waals surface area contributed by atoms with Crippen LogP contribution in [0, 0.1) is 19.7 Å². The van der Waals surface area contributed by atoms with Crippen LogP contribution in [0.15, 0.2) is 24.3 Å². The molecule has 0 atom stereocenters. The Kier molecular flexibility index (Phi) is 4.20. The van der Waals surface area contributed by atoms with Gasteiger partial charge in [-0.05, 0) is 38.1 Å². The lowest BCUT2D eigenvalue weighted by Gasteiger charge is -2.15. The van der Waals surface area contributed by atoms with Crippen molar-refractivity contribution in [3.8, 4) is 0 Å². The maximum atomic E-state index is 13.1. The van der Waals surface area contributed by atoms with E-state index in [1.54, 1.807) is 6.07 Å². The van der Waals surface area contributed by atoms with Gasteiger partial charge in [-0.25, -0.2) is 4.39 Å². The topological polar surface area (TPSA) is 50.9 Å². The summed E-state index contributed by atoms with van der Waals surface area (Å²) < 4.78 is 13.1. The number of nitrogens with zero attached hydrogens (tertiary/aromatic N) is 1. The Morgan fingerprint density at radius 1 is 1.30 bits per heavy atom. The molecule has 1 aromatic heterocycles. The van der Waals surface area contributed by atoms with Gasteiger partial charge in [0, 0.05) is 11.4 Å². The van der Waals surface area contributed by atoms with Crippen LogP contribution in [0.2, 0.25) is 5.02 Å². The second kappa shape index (κ2) is 5.73. The number of aromatic nitrogens is 1. The third kappa shape index (κ3) is 3.05. The molecule has 6 heteroatoms. The van der Waals surface area contributed by atoms with E-state index in [4.69, 9.17) is 29.6 Å². The summed E-state index contributed by atoms with van der Waals surface area (Å²) in [6.45, 7) is 3.70. The van der Waals surface area contributed by atoms with E-state index in [1.807, 2.05) is 19.9 Å². The van der Waals surface area contributed by atoms with Crippen molar-refractivity contribution in [3.05, 3.63) is 52.1 Å². The molecule has 2 aromatic rings. The van der Waals surface area contributed by atoms with Crippen LogP contribution < -0.4 is 11.1 Å². The van der Waals surface area contributed by atoms with Gasteiger partial charge in [-0.3, -0.25) is 4.98 Å². The Morgan fingerprint density at radius 2 is 2.00 bits per heavy atom. The summed E-state index contributed by atoms with van der Waals surface area (Å²) in [6.07, 6.45) is 0. The van der Waals surface area contributed by atoms with E-state index in [1.165, 1.54) is 12.1 Å². The molecule has 2 rings (SSSR count). The molecular weight excluding hydrogens is 297 g/mol. The smallest absolute Gasteiger partial charge is 0.124 e. The van der Waals surface area contributed by atoms with Crippen molar-refractivity contribution in [2.45, 2.75) is 13.8 Å². The van der Waals surface area contributed by atoms with E-state index in [0.717, 1.165) is 11.4 Å². The fraction of sp³-hybridized carbons (Fsp3) is 0.143. The zero-order valence-corrected chi connectivity index (χ0v) is 12.6. The third-order valence-electron chi connectivity index (χ3n) is 2.78. The Bertz CT molecular complexity index is 688. The average molecular weight is 310 g/mol. The van der Waals surface area contributed by atoms with E-state index in [9.17, 15) is 4.39 Å². The number of benzene rings is 1. The summed E-state index contributed by atoms with van der Waals surface area (Å²) in [6, 6.07) is 5.95. The molecule has 0 spiro atoms. The minimum absolute atomic E-state index is 0.246. The quantitative estimate of drug-likeness (QED) is 0.845. The zero-order valence-electron chi connectivity index (χ0n) is 11.0. The number of rotatable bonds is 3. The van der Waals surface area contributed by atoms with E-state index in [-0.39, 0.29) is 10.0 Å². The van der Waals surface area contributed by atoms with Crippen LogP contribution in [0.1, 0.15) is 17.0 Å². The maximum absolute atomic E-state index is 13.1. The van der Waals surface area contributed by atoms with Gasteiger partial charge in [0.15, 0.2) is 0 Å². The highest BCUT2D eigenvalue weighted by Gasteiger charge is 2.12. The predicted octanol–water partition coefficient (Wildman–Crippen LogP) is 3.87. The number of halogens is 2. The Balaban J connectivity index is 2.50. The minimum Gasteiger partial charge on any atom is -0.389 e. The first-order valence-electron chi connectivity index (χ1n) is 5.88. The molecule has 0 fully saturated rings. The highest BCUT2D eigenvalue weighted by Crippen LogP contribution is 2.29. The van der Waals surface area contributed by atoms with E-state index >= 15 is 0 Å².